The second-order valence-corrected chi connectivity index (χ2v) is 11.8. The summed E-state index contributed by atoms with van der Waals surface area (Å²) in [5.41, 5.74) is 0.573. The SMILES string of the molecule is CCN(CC)CCCC(CCCN(CC)CC)(CCCN(CC)CC)C[SiH2]OC(C)(CC)CC. The smallest absolute Gasteiger partial charge is 0.162 e. The number of rotatable bonds is 24. The topological polar surface area (TPSA) is 19.0 Å². The van der Waals surface area contributed by atoms with Crippen LogP contribution in [-0.2, 0) is 4.43 Å². The first-order chi connectivity index (χ1) is 16.3. The molecule has 0 saturated heterocycles. The Kier molecular flexibility index (Phi) is 20.2. The summed E-state index contributed by atoms with van der Waals surface area (Å²) >= 11 is 0. The fourth-order valence-corrected chi connectivity index (χ4v) is 7.56. The van der Waals surface area contributed by atoms with Crippen LogP contribution < -0.4 is 0 Å². The second kappa shape index (κ2) is 20.2. The van der Waals surface area contributed by atoms with Gasteiger partial charge in [0.2, 0.25) is 0 Å². The quantitative estimate of drug-likeness (QED) is 0.142. The van der Waals surface area contributed by atoms with Crippen LogP contribution in [0.5, 0.6) is 0 Å². The third-order valence-corrected chi connectivity index (χ3v) is 11.0. The van der Waals surface area contributed by atoms with Gasteiger partial charge in [0.1, 0.15) is 0 Å². The molecule has 5 heteroatoms. The highest BCUT2D eigenvalue weighted by Crippen LogP contribution is 2.40. The maximum Gasteiger partial charge on any atom is 0.162 e. The first-order valence-electron chi connectivity index (χ1n) is 15.1. The van der Waals surface area contributed by atoms with Crippen LogP contribution in [0.3, 0.4) is 0 Å². The van der Waals surface area contributed by atoms with Crippen molar-refractivity contribution in [2.75, 3.05) is 58.9 Å². The molecule has 0 aliphatic carbocycles. The van der Waals surface area contributed by atoms with Gasteiger partial charge >= 0.3 is 0 Å². The summed E-state index contributed by atoms with van der Waals surface area (Å²) in [6.45, 7) is 31.6. The number of nitrogens with zero attached hydrogens (tertiary/aromatic N) is 3. The van der Waals surface area contributed by atoms with E-state index in [9.17, 15) is 0 Å². The van der Waals surface area contributed by atoms with Crippen molar-refractivity contribution in [1.82, 2.24) is 14.7 Å². The largest absolute Gasteiger partial charge is 0.419 e. The molecular formula is C29H65N3OSi. The Morgan fingerprint density at radius 3 is 1.15 bits per heavy atom. The van der Waals surface area contributed by atoms with E-state index in [1.165, 1.54) is 103 Å². The fraction of sp³-hybridized carbons (Fsp3) is 1.00. The van der Waals surface area contributed by atoms with Gasteiger partial charge in [-0.25, -0.2) is 0 Å². The minimum atomic E-state index is -0.533. The number of hydrogen-bond acceptors (Lipinski definition) is 4. The van der Waals surface area contributed by atoms with Gasteiger partial charge in [-0.15, -0.1) is 0 Å². The summed E-state index contributed by atoms with van der Waals surface area (Å²) in [7, 11) is -0.533. The Morgan fingerprint density at radius 1 is 0.559 bits per heavy atom. The molecular weight excluding hydrogens is 434 g/mol. The first-order valence-corrected chi connectivity index (χ1v) is 16.7. The highest BCUT2D eigenvalue weighted by Gasteiger charge is 2.31. The van der Waals surface area contributed by atoms with E-state index in [1.807, 2.05) is 0 Å². The van der Waals surface area contributed by atoms with Crippen LogP contribution in [0.25, 0.3) is 0 Å². The lowest BCUT2D eigenvalue weighted by Gasteiger charge is -2.38. The molecule has 4 nitrogen and oxygen atoms in total. The molecule has 0 aromatic carbocycles. The first kappa shape index (κ1) is 34.1. The van der Waals surface area contributed by atoms with E-state index in [2.05, 4.69) is 77.0 Å². The molecule has 0 unspecified atom stereocenters. The molecule has 0 heterocycles. The molecule has 206 valence electrons. The molecule has 0 aromatic rings. The van der Waals surface area contributed by atoms with Gasteiger partial charge in [0, 0.05) is 0 Å². The van der Waals surface area contributed by atoms with Gasteiger partial charge in [-0.05, 0) is 129 Å². The van der Waals surface area contributed by atoms with Crippen molar-refractivity contribution in [2.24, 2.45) is 5.41 Å². The van der Waals surface area contributed by atoms with Crippen LogP contribution in [-0.4, -0.2) is 89.0 Å². The summed E-state index contributed by atoms with van der Waals surface area (Å²) < 4.78 is 6.70. The summed E-state index contributed by atoms with van der Waals surface area (Å²) in [5.74, 6) is 0. The molecule has 0 atom stereocenters. The molecule has 0 fully saturated rings. The van der Waals surface area contributed by atoms with Gasteiger partial charge < -0.3 is 19.1 Å². The maximum atomic E-state index is 6.70. The lowest BCUT2D eigenvalue weighted by atomic mass is 9.76. The molecule has 0 radical (unpaired) electrons. The van der Waals surface area contributed by atoms with Crippen molar-refractivity contribution in [3.63, 3.8) is 0 Å². The lowest BCUT2D eigenvalue weighted by Crippen LogP contribution is -2.34. The zero-order chi connectivity index (χ0) is 25.9. The molecule has 0 N–H and O–H groups in total. The van der Waals surface area contributed by atoms with Crippen molar-refractivity contribution in [1.29, 1.82) is 0 Å². The number of hydrogen-bond donors (Lipinski definition) is 0. The van der Waals surface area contributed by atoms with E-state index in [1.54, 1.807) is 0 Å². The summed E-state index contributed by atoms with van der Waals surface area (Å²) in [6.07, 6.45) is 10.4. The van der Waals surface area contributed by atoms with E-state index in [4.69, 9.17) is 4.43 Å². The second-order valence-electron chi connectivity index (χ2n) is 10.6. The standard InChI is InChI=1S/C29H65N3OSi/c1-10-28(9,11-2)33-34-27-29(21-18-24-30(12-3)13-4,22-19-25-31(14-5)15-6)23-20-26-32(16-7)17-8/h10-27,34H2,1-9H3. The predicted molar refractivity (Wildman–Crippen MR) is 157 cm³/mol. The van der Waals surface area contributed by atoms with Crippen LogP contribution in [0, 0.1) is 5.41 Å². The zero-order valence-electron chi connectivity index (χ0n) is 25.2. The van der Waals surface area contributed by atoms with Crippen LogP contribution in [0.2, 0.25) is 6.04 Å². The third-order valence-electron chi connectivity index (χ3n) is 8.81. The Labute approximate surface area is 218 Å². The molecule has 0 aliphatic rings. The monoisotopic (exact) mass is 499 g/mol. The van der Waals surface area contributed by atoms with Gasteiger partial charge in [-0.1, -0.05) is 55.4 Å². The molecule has 34 heavy (non-hydrogen) atoms. The maximum absolute atomic E-state index is 6.70. The predicted octanol–water partition coefficient (Wildman–Crippen LogP) is 6.44. The molecule has 0 spiro atoms. The van der Waals surface area contributed by atoms with Crippen molar-refractivity contribution in [3.05, 3.63) is 0 Å². The Balaban J connectivity index is 5.45. The molecule has 0 aliphatic heterocycles. The van der Waals surface area contributed by atoms with Crippen molar-refractivity contribution in [2.45, 2.75) is 125 Å². The van der Waals surface area contributed by atoms with Gasteiger partial charge in [0.25, 0.3) is 0 Å². The average molecular weight is 500 g/mol. The Morgan fingerprint density at radius 2 is 0.882 bits per heavy atom. The van der Waals surface area contributed by atoms with Crippen LogP contribution in [0.1, 0.15) is 114 Å². The Bertz CT molecular complexity index is 401. The molecule has 0 amide bonds. The normalized spacial score (nSPS) is 13.4. The van der Waals surface area contributed by atoms with Crippen molar-refractivity contribution >= 4 is 9.76 Å². The van der Waals surface area contributed by atoms with Crippen LogP contribution >= 0.6 is 0 Å². The summed E-state index contributed by atoms with van der Waals surface area (Å²) in [4.78, 5) is 7.82. The highest BCUT2D eigenvalue weighted by molar-refractivity contribution is 6.27. The zero-order valence-corrected chi connectivity index (χ0v) is 26.6. The minimum absolute atomic E-state index is 0.0988. The van der Waals surface area contributed by atoms with Crippen molar-refractivity contribution < 1.29 is 4.43 Å². The van der Waals surface area contributed by atoms with Gasteiger partial charge in [-0.3, -0.25) is 0 Å². The average Bonchev–Trinajstić information content (AvgIpc) is 2.87. The Hall–Kier alpha value is 0.0569. The summed E-state index contributed by atoms with van der Waals surface area (Å²) in [5, 5.41) is 0. The van der Waals surface area contributed by atoms with Gasteiger partial charge in [0.05, 0.1) is 5.60 Å². The van der Waals surface area contributed by atoms with E-state index >= 15 is 0 Å². The molecule has 0 rings (SSSR count). The van der Waals surface area contributed by atoms with Gasteiger partial charge in [-0.2, -0.15) is 0 Å². The van der Waals surface area contributed by atoms with Gasteiger partial charge in [0.15, 0.2) is 9.76 Å². The van der Waals surface area contributed by atoms with E-state index in [0.717, 1.165) is 12.8 Å². The molecule has 0 aromatic heterocycles. The van der Waals surface area contributed by atoms with E-state index in [-0.39, 0.29) is 5.60 Å². The summed E-state index contributed by atoms with van der Waals surface area (Å²) in [6, 6.07) is 1.36. The molecule has 0 bridgehead atoms. The van der Waals surface area contributed by atoms with E-state index in [0.29, 0.717) is 5.41 Å². The lowest BCUT2D eigenvalue weighted by molar-refractivity contribution is 0.0795. The highest BCUT2D eigenvalue weighted by atomic mass is 28.2. The van der Waals surface area contributed by atoms with Crippen molar-refractivity contribution in [3.8, 4) is 0 Å². The minimum Gasteiger partial charge on any atom is -0.419 e. The third kappa shape index (κ3) is 14.0. The molecule has 0 saturated carbocycles. The van der Waals surface area contributed by atoms with E-state index < -0.39 is 9.76 Å². The van der Waals surface area contributed by atoms with Crippen LogP contribution in [0.4, 0.5) is 0 Å². The van der Waals surface area contributed by atoms with Crippen LogP contribution in [0.15, 0.2) is 0 Å². The fourth-order valence-electron chi connectivity index (χ4n) is 5.37.